The molecule has 6 nitrogen and oxygen atoms in total. The topological polar surface area (TPSA) is 84.5 Å². The van der Waals surface area contributed by atoms with Gasteiger partial charge >= 0.3 is 12.0 Å². The molecule has 0 aliphatic rings. The number of benzene rings is 2. The molecular formula is C20H21FN2O4. The van der Waals surface area contributed by atoms with E-state index in [4.69, 9.17) is 4.74 Å². The van der Waals surface area contributed by atoms with Gasteiger partial charge in [-0.05, 0) is 30.2 Å². The zero-order chi connectivity index (χ0) is 19.8. The summed E-state index contributed by atoms with van der Waals surface area (Å²) in [6.45, 7) is 2.85. The van der Waals surface area contributed by atoms with Crippen molar-refractivity contribution in [3.05, 3.63) is 66.0 Å². The molecule has 2 N–H and O–H groups in total. The maximum Gasteiger partial charge on any atom is 0.329 e. The minimum Gasteiger partial charge on any atom is -0.456 e. The van der Waals surface area contributed by atoms with E-state index in [1.165, 1.54) is 18.2 Å². The Kier molecular flexibility index (Phi) is 7.05. The summed E-state index contributed by atoms with van der Waals surface area (Å²) in [6.07, 6.45) is 0. The molecule has 0 radical (unpaired) electrons. The smallest absolute Gasteiger partial charge is 0.329 e. The van der Waals surface area contributed by atoms with E-state index in [0.717, 1.165) is 6.07 Å². The normalized spacial score (nSPS) is 11.6. The van der Waals surface area contributed by atoms with Crippen molar-refractivity contribution in [2.45, 2.75) is 19.9 Å². The second-order valence-corrected chi connectivity index (χ2v) is 6.20. The summed E-state index contributed by atoms with van der Waals surface area (Å²) < 4.78 is 18.6. The van der Waals surface area contributed by atoms with Crippen LogP contribution in [-0.2, 0) is 9.53 Å². The van der Waals surface area contributed by atoms with E-state index in [-0.39, 0.29) is 11.5 Å². The first-order chi connectivity index (χ1) is 12.9. The monoisotopic (exact) mass is 372 g/mol. The zero-order valence-electron chi connectivity index (χ0n) is 15.1. The van der Waals surface area contributed by atoms with E-state index in [2.05, 4.69) is 10.6 Å². The third kappa shape index (κ3) is 5.91. The lowest BCUT2D eigenvalue weighted by Crippen LogP contribution is -2.47. The number of ketones is 1. The van der Waals surface area contributed by atoms with Crippen molar-refractivity contribution >= 4 is 23.5 Å². The molecule has 0 fully saturated rings. The molecule has 0 bridgehead atoms. The van der Waals surface area contributed by atoms with Crippen LogP contribution in [0.2, 0.25) is 0 Å². The summed E-state index contributed by atoms with van der Waals surface area (Å²) in [6, 6.07) is 12.7. The lowest BCUT2D eigenvalue weighted by Gasteiger charge is -2.21. The van der Waals surface area contributed by atoms with E-state index in [0.29, 0.717) is 5.69 Å². The molecular weight excluding hydrogens is 351 g/mol. The number of carbonyl (C=O) groups excluding carboxylic acids is 3. The summed E-state index contributed by atoms with van der Waals surface area (Å²) in [4.78, 5) is 36.4. The molecule has 0 spiro atoms. The number of rotatable bonds is 7. The number of carbonyl (C=O) groups is 3. The first-order valence-electron chi connectivity index (χ1n) is 8.45. The highest BCUT2D eigenvalue weighted by atomic mass is 19.1. The SMILES string of the molecule is CC(C)[C@H](NC(=O)Nc1ccccc1)C(=O)OCC(=O)c1ccccc1F. The fourth-order valence-electron chi connectivity index (χ4n) is 2.32. The standard InChI is InChI=1S/C20H21FN2O4/c1-13(2)18(23-20(26)22-14-8-4-3-5-9-14)19(25)27-12-17(24)15-10-6-7-11-16(15)21/h3-11,13,18H,12H2,1-2H3,(H2,22,23,26)/t18-/m0/s1. The van der Waals surface area contributed by atoms with Gasteiger partial charge in [0.1, 0.15) is 11.9 Å². The molecule has 2 aromatic rings. The Balaban J connectivity index is 1.93. The highest BCUT2D eigenvalue weighted by Crippen LogP contribution is 2.10. The minimum absolute atomic E-state index is 0.152. The van der Waals surface area contributed by atoms with Crippen LogP contribution in [0.4, 0.5) is 14.9 Å². The van der Waals surface area contributed by atoms with E-state index in [1.807, 2.05) is 6.07 Å². The second kappa shape index (κ2) is 9.47. The number of hydrogen-bond acceptors (Lipinski definition) is 4. The first kappa shape index (κ1) is 20.1. The van der Waals surface area contributed by atoms with Gasteiger partial charge in [-0.3, -0.25) is 4.79 Å². The Labute approximate surface area is 156 Å². The molecule has 0 heterocycles. The van der Waals surface area contributed by atoms with Crippen molar-refractivity contribution in [3.63, 3.8) is 0 Å². The van der Waals surface area contributed by atoms with Gasteiger partial charge < -0.3 is 15.4 Å². The van der Waals surface area contributed by atoms with Crippen LogP contribution in [0.1, 0.15) is 24.2 Å². The van der Waals surface area contributed by atoms with Crippen LogP contribution in [0.25, 0.3) is 0 Å². The van der Waals surface area contributed by atoms with Gasteiger partial charge in [-0.2, -0.15) is 0 Å². The van der Waals surface area contributed by atoms with Crippen molar-refractivity contribution in [1.82, 2.24) is 5.32 Å². The third-order valence-electron chi connectivity index (χ3n) is 3.76. The van der Waals surface area contributed by atoms with Crippen LogP contribution in [0.3, 0.4) is 0 Å². The highest BCUT2D eigenvalue weighted by Gasteiger charge is 2.26. The van der Waals surface area contributed by atoms with Gasteiger partial charge in [0.15, 0.2) is 6.61 Å². The molecule has 0 saturated heterocycles. The van der Waals surface area contributed by atoms with E-state index >= 15 is 0 Å². The molecule has 27 heavy (non-hydrogen) atoms. The average molecular weight is 372 g/mol. The van der Waals surface area contributed by atoms with Crippen molar-refractivity contribution < 1.29 is 23.5 Å². The van der Waals surface area contributed by atoms with E-state index in [9.17, 15) is 18.8 Å². The van der Waals surface area contributed by atoms with Crippen molar-refractivity contribution in [2.24, 2.45) is 5.92 Å². The maximum atomic E-state index is 13.6. The van der Waals surface area contributed by atoms with E-state index in [1.54, 1.807) is 38.1 Å². The number of para-hydroxylation sites is 1. The Morgan fingerprint density at radius 2 is 1.63 bits per heavy atom. The van der Waals surface area contributed by atoms with Crippen LogP contribution in [-0.4, -0.2) is 30.4 Å². The van der Waals surface area contributed by atoms with Gasteiger partial charge in [0.05, 0.1) is 5.56 Å². The Morgan fingerprint density at radius 3 is 2.26 bits per heavy atom. The fraction of sp³-hybridized carbons (Fsp3) is 0.250. The summed E-state index contributed by atoms with van der Waals surface area (Å²) in [7, 11) is 0. The number of ether oxygens (including phenoxy) is 1. The van der Waals surface area contributed by atoms with Crippen LogP contribution < -0.4 is 10.6 Å². The molecule has 0 aliphatic carbocycles. The highest BCUT2D eigenvalue weighted by molar-refractivity contribution is 5.98. The molecule has 2 aromatic carbocycles. The number of halogens is 1. The molecule has 2 amide bonds. The summed E-state index contributed by atoms with van der Waals surface area (Å²) >= 11 is 0. The number of amides is 2. The molecule has 1 atom stereocenters. The van der Waals surface area contributed by atoms with E-state index < -0.39 is 36.2 Å². The van der Waals surface area contributed by atoms with Crippen LogP contribution in [0.5, 0.6) is 0 Å². The fourth-order valence-corrected chi connectivity index (χ4v) is 2.32. The van der Waals surface area contributed by atoms with Crippen LogP contribution in [0.15, 0.2) is 54.6 Å². The molecule has 7 heteroatoms. The predicted octanol–water partition coefficient (Wildman–Crippen LogP) is 3.40. The van der Waals surface area contributed by atoms with Gasteiger partial charge in [0.2, 0.25) is 5.78 Å². The van der Waals surface area contributed by atoms with Crippen molar-refractivity contribution in [2.75, 3.05) is 11.9 Å². The third-order valence-corrected chi connectivity index (χ3v) is 3.76. The number of Topliss-reactive ketones (excluding diaryl/α,β-unsaturated/α-hetero) is 1. The largest absolute Gasteiger partial charge is 0.456 e. The lowest BCUT2D eigenvalue weighted by atomic mass is 10.0. The predicted molar refractivity (Wildman–Crippen MR) is 98.9 cm³/mol. The maximum absolute atomic E-state index is 13.6. The Morgan fingerprint density at radius 1 is 1.00 bits per heavy atom. The average Bonchev–Trinajstić information content (AvgIpc) is 2.65. The lowest BCUT2D eigenvalue weighted by molar-refractivity contribution is -0.145. The molecule has 0 aliphatic heterocycles. The summed E-state index contributed by atoms with van der Waals surface area (Å²) in [5.41, 5.74) is 0.418. The number of urea groups is 1. The van der Waals surface area contributed by atoms with Gasteiger partial charge in [0, 0.05) is 5.69 Å². The number of anilines is 1. The van der Waals surface area contributed by atoms with Gasteiger partial charge in [-0.15, -0.1) is 0 Å². The molecule has 142 valence electrons. The Bertz CT molecular complexity index is 809. The Hall–Kier alpha value is -3.22. The first-order valence-corrected chi connectivity index (χ1v) is 8.45. The van der Waals surface area contributed by atoms with Gasteiger partial charge in [0.25, 0.3) is 0 Å². The van der Waals surface area contributed by atoms with Gasteiger partial charge in [-0.1, -0.05) is 44.2 Å². The van der Waals surface area contributed by atoms with Gasteiger partial charge in [-0.25, -0.2) is 14.0 Å². The number of esters is 1. The zero-order valence-corrected chi connectivity index (χ0v) is 15.1. The summed E-state index contributed by atoms with van der Waals surface area (Å²) in [5.74, 6) is -2.38. The number of hydrogen-bond donors (Lipinski definition) is 2. The van der Waals surface area contributed by atoms with Crippen molar-refractivity contribution in [1.29, 1.82) is 0 Å². The van der Waals surface area contributed by atoms with Crippen molar-refractivity contribution in [3.8, 4) is 0 Å². The number of nitrogens with one attached hydrogen (secondary N) is 2. The van der Waals surface area contributed by atoms with Crippen LogP contribution in [0, 0.1) is 11.7 Å². The second-order valence-electron chi connectivity index (χ2n) is 6.20. The quantitative estimate of drug-likeness (QED) is 0.576. The van der Waals surface area contributed by atoms with Crippen LogP contribution >= 0.6 is 0 Å². The molecule has 0 aromatic heterocycles. The molecule has 0 saturated carbocycles. The molecule has 2 rings (SSSR count). The summed E-state index contributed by atoms with van der Waals surface area (Å²) in [5, 5.41) is 5.14. The minimum atomic E-state index is -0.956. The molecule has 0 unspecified atom stereocenters.